The highest BCUT2D eigenvalue weighted by Crippen LogP contribution is 2.36. The maximum atomic E-state index is 12.8. The molecule has 0 bridgehead atoms. The van der Waals surface area contributed by atoms with Crippen molar-refractivity contribution in [2.75, 3.05) is 0 Å². The van der Waals surface area contributed by atoms with Crippen molar-refractivity contribution in [3.8, 4) is 11.5 Å². The van der Waals surface area contributed by atoms with Gasteiger partial charge in [0.05, 0.1) is 16.6 Å². The lowest BCUT2D eigenvalue weighted by Crippen LogP contribution is -2.49. The van der Waals surface area contributed by atoms with Gasteiger partial charge >= 0.3 is 0 Å². The van der Waals surface area contributed by atoms with Crippen molar-refractivity contribution in [1.82, 2.24) is 20.6 Å². The van der Waals surface area contributed by atoms with Crippen LogP contribution in [0.3, 0.4) is 0 Å². The zero-order valence-corrected chi connectivity index (χ0v) is 17.6. The highest BCUT2D eigenvalue weighted by molar-refractivity contribution is 6.32. The Morgan fingerprint density at radius 2 is 1.74 bits per heavy atom. The van der Waals surface area contributed by atoms with E-state index >= 15 is 0 Å². The molecule has 0 saturated heterocycles. The fraction of sp³-hybridized carbons (Fsp3) is 0.217. The zero-order chi connectivity index (χ0) is 21.8. The van der Waals surface area contributed by atoms with Crippen LogP contribution in [0.4, 0.5) is 0 Å². The maximum absolute atomic E-state index is 12.8. The van der Waals surface area contributed by atoms with E-state index in [0.29, 0.717) is 34.9 Å². The largest absolute Gasteiger partial charge is 0.456 e. The van der Waals surface area contributed by atoms with Crippen molar-refractivity contribution >= 4 is 23.4 Å². The molecule has 0 radical (unpaired) electrons. The fourth-order valence-electron chi connectivity index (χ4n) is 3.14. The molecule has 1 atom stereocenters. The van der Waals surface area contributed by atoms with Crippen LogP contribution in [0.15, 0.2) is 67.3 Å². The lowest BCUT2D eigenvalue weighted by Gasteiger charge is -2.21. The Morgan fingerprint density at radius 3 is 2.39 bits per heavy atom. The number of nitrogens with zero attached hydrogens (tertiary/aromatic N) is 2. The number of halogens is 1. The summed E-state index contributed by atoms with van der Waals surface area (Å²) < 4.78 is 5.80. The molecule has 158 valence electrons. The first-order valence-electron chi connectivity index (χ1n) is 9.88. The summed E-state index contributed by atoms with van der Waals surface area (Å²) >= 11 is 6.13. The summed E-state index contributed by atoms with van der Waals surface area (Å²) in [5.74, 6) is 0.656. The molecule has 1 aromatic heterocycles. The van der Waals surface area contributed by atoms with Gasteiger partial charge in [-0.2, -0.15) is 0 Å². The monoisotopic (exact) mass is 436 g/mol. The Balaban J connectivity index is 1.36. The molecular formula is C23H21ClN4O3. The van der Waals surface area contributed by atoms with Gasteiger partial charge in [0.1, 0.15) is 23.4 Å². The van der Waals surface area contributed by atoms with Gasteiger partial charge in [-0.3, -0.25) is 9.59 Å². The predicted molar refractivity (Wildman–Crippen MR) is 116 cm³/mol. The third-order valence-corrected chi connectivity index (χ3v) is 5.46. The first kappa shape index (κ1) is 20.8. The maximum Gasteiger partial charge on any atom is 0.255 e. The smallest absolute Gasteiger partial charge is 0.255 e. The van der Waals surface area contributed by atoms with E-state index in [1.165, 1.54) is 18.7 Å². The highest BCUT2D eigenvalue weighted by atomic mass is 35.5. The van der Waals surface area contributed by atoms with Crippen LogP contribution in [0.5, 0.6) is 11.5 Å². The normalized spacial score (nSPS) is 14.9. The summed E-state index contributed by atoms with van der Waals surface area (Å²) in [4.78, 5) is 32.9. The third-order valence-electron chi connectivity index (χ3n) is 5.15. The fourth-order valence-corrected chi connectivity index (χ4v) is 3.31. The number of benzene rings is 2. The second kappa shape index (κ2) is 8.73. The molecule has 3 aromatic rings. The number of para-hydroxylation sites is 1. The second-order valence-corrected chi connectivity index (χ2v) is 7.87. The summed E-state index contributed by atoms with van der Waals surface area (Å²) in [7, 11) is 0. The van der Waals surface area contributed by atoms with E-state index in [1.54, 1.807) is 12.1 Å². The summed E-state index contributed by atoms with van der Waals surface area (Å²) in [5, 5.41) is 6.34. The zero-order valence-electron chi connectivity index (χ0n) is 16.8. The standard InChI is InChI=1S/C23H21ClN4O3/c1-15(16-6-8-18(9-7-16)31-20-5-3-2-4-19(20)24)27-22(30)23(10-11-23)28-21(29)17-12-25-14-26-13-17/h2-9,12-15H,10-11H2,1H3,(H,27,30)(H,28,29). The number of hydrogen-bond donors (Lipinski definition) is 2. The average Bonchev–Trinajstić information content (AvgIpc) is 3.57. The Morgan fingerprint density at radius 1 is 1.06 bits per heavy atom. The van der Waals surface area contributed by atoms with Crippen molar-refractivity contribution in [3.05, 3.63) is 83.4 Å². The minimum Gasteiger partial charge on any atom is -0.456 e. The quantitative estimate of drug-likeness (QED) is 0.582. The number of aromatic nitrogens is 2. The second-order valence-electron chi connectivity index (χ2n) is 7.46. The van der Waals surface area contributed by atoms with Gasteiger partial charge in [-0.05, 0) is 49.6 Å². The molecule has 7 nitrogen and oxygen atoms in total. The average molecular weight is 437 g/mol. The molecule has 1 aliphatic rings. The Bertz CT molecular complexity index is 1090. The summed E-state index contributed by atoms with van der Waals surface area (Å²) in [6.07, 6.45) is 5.38. The van der Waals surface area contributed by atoms with E-state index in [9.17, 15) is 9.59 Å². The molecule has 2 N–H and O–H groups in total. The van der Waals surface area contributed by atoms with Gasteiger partial charge in [0.15, 0.2) is 0 Å². The molecule has 1 unspecified atom stereocenters. The van der Waals surface area contributed by atoms with Gasteiger partial charge in [-0.1, -0.05) is 35.9 Å². The minimum absolute atomic E-state index is 0.207. The van der Waals surface area contributed by atoms with Crippen LogP contribution in [0.2, 0.25) is 5.02 Å². The summed E-state index contributed by atoms with van der Waals surface area (Å²) in [6, 6.07) is 14.4. The number of hydrogen-bond acceptors (Lipinski definition) is 5. The minimum atomic E-state index is -0.881. The summed E-state index contributed by atoms with van der Waals surface area (Å²) in [5.41, 5.74) is 0.357. The first-order chi connectivity index (χ1) is 15.0. The van der Waals surface area contributed by atoms with Crippen LogP contribution in [0, 0.1) is 0 Å². The molecule has 0 aliphatic heterocycles. The SMILES string of the molecule is CC(NC(=O)C1(NC(=O)c2cncnc2)CC1)c1ccc(Oc2ccccc2Cl)cc1. The molecule has 1 aliphatic carbocycles. The Kier molecular flexibility index (Phi) is 5.86. The van der Waals surface area contributed by atoms with Crippen molar-refractivity contribution < 1.29 is 14.3 Å². The van der Waals surface area contributed by atoms with Crippen LogP contribution < -0.4 is 15.4 Å². The van der Waals surface area contributed by atoms with Gasteiger partial charge < -0.3 is 15.4 Å². The molecule has 1 fully saturated rings. The van der Waals surface area contributed by atoms with Crippen LogP contribution in [-0.4, -0.2) is 27.3 Å². The topological polar surface area (TPSA) is 93.2 Å². The molecule has 4 rings (SSSR count). The van der Waals surface area contributed by atoms with Gasteiger partial charge in [-0.25, -0.2) is 9.97 Å². The number of amides is 2. The van der Waals surface area contributed by atoms with Gasteiger partial charge in [0.2, 0.25) is 5.91 Å². The molecule has 2 aromatic carbocycles. The van der Waals surface area contributed by atoms with Crippen molar-refractivity contribution in [3.63, 3.8) is 0 Å². The van der Waals surface area contributed by atoms with Crippen LogP contribution in [0.1, 0.15) is 41.7 Å². The summed E-state index contributed by atoms with van der Waals surface area (Å²) in [6.45, 7) is 1.89. The lowest BCUT2D eigenvalue weighted by atomic mass is 10.1. The number of carbonyl (C=O) groups is 2. The van der Waals surface area contributed by atoms with Gasteiger partial charge in [0, 0.05) is 12.4 Å². The molecule has 1 heterocycles. The van der Waals surface area contributed by atoms with E-state index in [1.807, 2.05) is 43.3 Å². The Hall–Kier alpha value is -3.45. The lowest BCUT2D eigenvalue weighted by molar-refractivity contribution is -0.124. The third kappa shape index (κ3) is 4.83. The van der Waals surface area contributed by atoms with Crippen LogP contribution in [-0.2, 0) is 4.79 Å². The molecule has 31 heavy (non-hydrogen) atoms. The predicted octanol–water partition coefficient (Wildman–Crippen LogP) is 4.06. The molecule has 1 saturated carbocycles. The number of rotatable bonds is 7. The van der Waals surface area contributed by atoms with Crippen molar-refractivity contribution in [2.24, 2.45) is 0 Å². The molecular weight excluding hydrogens is 416 g/mol. The van der Waals surface area contributed by atoms with E-state index in [2.05, 4.69) is 20.6 Å². The van der Waals surface area contributed by atoms with Crippen LogP contribution in [0.25, 0.3) is 0 Å². The van der Waals surface area contributed by atoms with E-state index in [0.717, 1.165) is 5.56 Å². The van der Waals surface area contributed by atoms with Gasteiger partial charge in [0.25, 0.3) is 5.91 Å². The van der Waals surface area contributed by atoms with E-state index in [4.69, 9.17) is 16.3 Å². The number of carbonyl (C=O) groups excluding carboxylic acids is 2. The van der Waals surface area contributed by atoms with Crippen molar-refractivity contribution in [1.29, 1.82) is 0 Å². The van der Waals surface area contributed by atoms with Gasteiger partial charge in [-0.15, -0.1) is 0 Å². The van der Waals surface area contributed by atoms with Crippen molar-refractivity contribution in [2.45, 2.75) is 31.3 Å². The molecule has 0 spiro atoms. The number of nitrogens with one attached hydrogen (secondary N) is 2. The number of ether oxygens (including phenoxy) is 1. The van der Waals surface area contributed by atoms with E-state index < -0.39 is 5.54 Å². The van der Waals surface area contributed by atoms with E-state index in [-0.39, 0.29) is 17.9 Å². The Labute approximate surface area is 184 Å². The first-order valence-corrected chi connectivity index (χ1v) is 10.3. The van der Waals surface area contributed by atoms with Crippen LogP contribution >= 0.6 is 11.6 Å². The molecule has 8 heteroatoms. The highest BCUT2D eigenvalue weighted by Gasteiger charge is 2.51. The molecule has 2 amide bonds.